The molecule has 0 radical (unpaired) electrons. The molecule has 3 fully saturated rings. The third-order valence-corrected chi connectivity index (χ3v) is 14.6. The average Bonchev–Trinajstić information content (AvgIpc) is 3.04. The van der Waals surface area contributed by atoms with Crippen LogP contribution in [-0.2, 0) is 14.4 Å². The Balaban J connectivity index is 0.000000368. The fraction of sp³-hybridized carbons (Fsp3) is 0.791. The van der Waals surface area contributed by atoms with Crippen LogP contribution in [0.15, 0.2) is 36.5 Å². The average molecular weight is 787 g/mol. The molecule has 0 aliphatic heterocycles. The maximum Gasteiger partial charge on any atom is 0.132 e. The van der Waals surface area contributed by atoms with Gasteiger partial charge in [-0.05, 0) is 91.3 Å². The van der Waals surface area contributed by atoms with Gasteiger partial charge in [0.15, 0.2) is 0 Å². The van der Waals surface area contributed by atoms with E-state index >= 15 is 0 Å². The Morgan fingerprint density at radius 2 is 1.02 bits per heavy atom. The molecular weight excluding hydrogens is 715 g/mol. The van der Waals surface area contributed by atoms with Gasteiger partial charge in [-0.1, -0.05) is 122 Å². The largest absolute Gasteiger partial charge is 0.300 e. The Kier molecular flexibility index (Phi) is 19.4. The zero-order chi connectivity index (χ0) is 37.9. The maximum atomic E-state index is 11.5. The lowest BCUT2D eigenvalue weighted by molar-refractivity contribution is -0.120. The van der Waals surface area contributed by atoms with Crippen molar-refractivity contribution in [2.75, 3.05) is 0 Å². The Morgan fingerprint density at radius 3 is 1.45 bits per heavy atom. The Labute approximate surface area is 320 Å². The van der Waals surface area contributed by atoms with Crippen LogP contribution in [0.25, 0.3) is 0 Å². The molecule has 0 amide bonds. The monoisotopic (exact) mass is 784 g/mol. The molecule has 3 aliphatic carbocycles. The van der Waals surface area contributed by atoms with Crippen LogP contribution >= 0.6 is 39.1 Å². The number of carbonyl (C=O) groups excluding carboxylic acids is 3. The third-order valence-electron chi connectivity index (χ3n) is 12.6. The normalized spacial score (nSPS) is 30.3. The number of hydrogen-bond donors (Lipinski definition) is 0. The van der Waals surface area contributed by atoms with E-state index in [1.54, 1.807) is 0 Å². The summed E-state index contributed by atoms with van der Waals surface area (Å²) >= 11 is 16.3. The molecule has 0 spiro atoms. The van der Waals surface area contributed by atoms with Crippen molar-refractivity contribution in [3.63, 3.8) is 0 Å². The lowest BCUT2D eigenvalue weighted by Gasteiger charge is -2.47. The Hall–Kier alpha value is -0.710. The lowest BCUT2D eigenvalue weighted by atomic mass is 9.60. The number of halogens is 3. The molecule has 0 aromatic rings. The van der Waals surface area contributed by atoms with Crippen LogP contribution in [0.2, 0.25) is 0 Å². The van der Waals surface area contributed by atoms with Crippen molar-refractivity contribution < 1.29 is 14.4 Å². The summed E-state index contributed by atoms with van der Waals surface area (Å²) in [6, 6.07) is 0. The molecule has 3 aliphatic rings. The van der Waals surface area contributed by atoms with Gasteiger partial charge in [0, 0.05) is 43.4 Å². The van der Waals surface area contributed by atoms with Crippen molar-refractivity contribution in [1.29, 1.82) is 0 Å². The Morgan fingerprint density at radius 1 is 0.653 bits per heavy atom. The molecular formula is C43H71BrCl2O3. The van der Waals surface area contributed by atoms with Crippen LogP contribution in [-0.4, -0.2) is 32.9 Å². The van der Waals surface area contributed by atoms with Gasteiger partial charge < -0.3 is 0 Å². The van der Waals surface area contributed by atoms with Gasteiger partial charge in [0.25, 0.3) is 0 Å². The second-order valence-electron chi connectivity index (χ2n) is 17.1. The van der Waals surface area contributed by atoms with Crippen molar-refractivity contribution in [3.8, 4) is 0 Å². The van der Waals surface area contributed by atoms with Gasteiger partial charge in [-0.2, -0.15) is 0 Å². The lowest BCUT2D eigenvalue weighted by Crippen LogP contribution is -2.40. The molecule has 0 aromatic heterocycles. The summed E-state index contributed by atoms with van der Waals surface area (Å²) in [5.74, 6) is 2.92. The first-order valence-corrected chi connectivity index (χ1v) is 20.9. The van der Waals surface area contributed by atoms with E-state index in [0.717, 1.165) is 49.7 Å². The minimum atomic E-state index is 0.0831. The SMILES string of the molecule is C=C1C(Br)CCC(C)(C)C1CCC(=O)CC.C=C1C(Cl)CC(C)C(C)(C)C1CCC(=O)CC.C=C1C(Cl)CCC(C)(C)C1CCC(=O)CC. The molecule has 6 heteroatoms. The number of ketones is 3. The molecule has 3 nitrogen and oxygen atoms in total. The standard InChI is InChI=1S/C15H25ClO.C14H23BrO.C14H23ClO/c1-6-12(17)7-8-13-11(3)14(16)9-10(2)15(13,4)5;2*1-5-11(16)6-7-12-10(2)13(15)8-9-14(12,3)4/h10,13-14H,3,6-9H2,1-2,4-5H3;2*12-13H,2,5-9H2,1,3-4H3. The summed E-state index contributed by atoms with van der Waals surface area (Å²) in [5, 5.41) is 0.189. The summed E-state index contributed by atoms with van der Waals surface area (Å²) in [4.78, 5) is 34.7. The van der Waals surface area contributed by atoms with Gasteiger partial charge in [-0.3, -0.25) is 14.4 Å². The summed E-state index contributed by atoms with van der Waals surface area (Å²) in [6.07, 6.45) is 12.3. The van der Waals surface area contributed by atoms with Gasteiger partial charge in [0.2, 0.25) is 0 Å². The quantitative estimate of drug-likeness (QED) is 0.146. The zero-order valence-electron chi connectivity index (χ0n) is 32.9. The van der Waals surface area contributed by atoms with Gasteiger partial charge in [-0.25, -0.2) is 0 Å². The molecule has 0 aromatic carbocycles. The van der Waals surface area contributed by atoms with Crippen molar-refractivity contribution in [1.82, 2.24) is 0 Å². The van der Waals surface area contributed by atoms with Gasteiger partial charge in [0.05, 0.1) is 10.8 Å². The number of carbonyl (C=O) groups is 3. The van der Waals surface area contributed by atoms with E-state index in [2.05, 4.69) is 84.1 Å². The minimum Gasteiger partial charge on any atom is -0.300 e. The minimum absolute atomic E-state index is 0.0831. The molecule has 0 heterocycles. The summed E-state index contributed by atoms with van der Waals surface area (Å²) < 4.78 is 0. The van der Waals surface area contributed by atoms with Crippen molar-refractivity contribution in [3.05, 3.63) is 36.5 Å². The van der Waals surface area contributed by atoms with Crippen molar-refractivity contribution in [2.24, 2.45) is 39.9 Å². The molecule has 3 rings (SSSR count). The predicted octanol–water partition coefficient (Wildman–Crippen LogP) is 13.4. The fourth-order valence-electron chi connectivity index (χ4n) is 8.12. The molecule has 0 N–H and O–H groups in total. The Bertz CT molecular complexity index is 1090. The molecule has 7 unspecified atom stereocenters. The van der Waals surface area contributed by atoms with Crippen LogP contribution in [0.5, 0.6) is 0 Å². The maximum absolute atomic E-state index is 11.5. The van der Waals surface area contributed by atoms with E-state index in [1.807, 2.05) is 20.8 Å². The van der Waals surface area contributed by atoms with Crippen molar-refractivity contribution >= 4 is 56.5 Å². The van der Waals surface area contributed by atoms with E-state index in [9.17, 15) is 14.4 Å². The second kappa shape index (κ2) is 20.5. The van der Waals surface area contributed by atoms with Crippen LogP contribution < -0.4 is 0 Å². The molecule has 0 saturated heterocycles. The third kappa shape index (κ3) is 13.7. The number of allylic oxidation sites excluding steroid dienone is 3. The highest BCUT2D eigenvalue weighted by Gasteiger charge is 2.43. The smallest absolute Gasteiger partial charge is 0.132 e. The first kappa shape index (κ1) is 46.3. The predicted molar refractivity (Wildman–Crippen MR) is 217 cm³/mol. The highest BCUT2D eigenvalue weighted by atomic mass is 79.9. The fourth-order valence-corrected chi connectivity index (χ4v) is 9.35. The van der Waals surface area contributed by atoms with E-state index in [4.69, 9.17) is 23.2 Å². The van der Waals surface area contributed by atoms with Gasteiger partial charge in [-0.15, -0.1) is 23.2 Å². The van der Waals surface area contributed by atoms with E-state index in [-0.39, 0.29) is 21.6 Å². The van der Waals surface area contributed by atoms with E-state index < -0.39 is 0 Å². The molecule has 7 atom stereocenters. The first-order valence-electron chi connectivity index (χ1n) is 19.1. The highest BCUT2D eigenvalue weighted by molar-refractivity contribution is 9.09. The molecule has 0 bridgehead atoms. The number of alkyl halides is 3. The molecule has 282 valence electrons. The number of Topliss-reactive ketones (excluding diaryl/α,β-unsaturated/α-hetero) is 3. The van der Waals surface area contributed by atoms with Crippen molar-refractivity contribution in [2.45, 2.75) is 175 Å². The molecule has 49 heavy (non-hydrogen) atoms. The highest BCUT2D eigenvalue weighted by Crippen LogP contribution is 2.51. The van der Waals surface area contributed by atoms with Crippen LogP contribution in [0.1, 0.15) is 159 Å². The summed E-state index contributed by atoms with van der Waals surface area (Å²) in [6.45, 7) is 34.3. The van der Waals surface area contributed by atoms with Crippen LogP contribution in [0.4, 0.5) is 0 Å². The second-order valence-corrected chi connectivity index (χ2v) is 19.2. The summed E-state index contributed by atoms with van der Waals surface area (Å²) in [5.41, 5.74) is 4.32. The van der Waals surface area contributed by atoms with Gasteiger partial charge in [0.1, 0.15) is 17.3 Å². The first-order chi connectivity index (χ1) is 22.6. The van der Waals surface area contributed by atoms with Crippen LogP contribution in [0, 0.1) is 39.9 Å². The van der Waals surface area contributed by atoms with Gasteiger partial charge >= 0.3 is 0 Å². The van der Waals surface area contributed by atoms with Crippen LogP contribution in [0.3, 0.4) is 0 Å². The van der Waals surface area contributed by atoms with E-state index in [1.165, 1.54) is 18.4 Å². The summed E-state index contributed by atoms with van der Waals surface area (Å²) in [7, 11) is 0. The number of hydrogen-bond acceptors (Lipinski definition) is 3. The topological polar surface area (TPSA) is 51.2 Å². The van der Waals surface area contributed by atoms with E-state index in [0.29, 0.717) is 89.8 Å². The number of rotatable bonds is 12. The zero-order valence-corrected chi connectivity index (χ0v) is 36.0. The molecule has 3 saturated carbocycles.